The molecule has 0 atom stereocenters. The highest BCUT2D eigenvalue weighted by atomic mass is 32.2. The summed E-state index contributed by atoms with van der Waals surface area (Å²) in [6.45, 7) is 1.71. The number of anilines is 1. The van der Waals surface area contributed by atoms with E-state index in [1.807, 2.05) is 19.1 Å². The summed E-state index contributed by atoms with van der Waals surface area (Å²) in [5.41, 5.74) is 2.01. The molecular formula is C26H30N2O6S. The molecule has 35 heavy (non-hydrogen) atoms. The molecule has 0 aromatic heterocycles. The van der Waals surface area contributed by atoms with E-state index in [-0.39, 0.29) is 18.0 Å². The van der Waals surface area contributed by atoms with E-state index in [9.17, 15) is 13.2 Å². The molecule has 3 aromatic carbocycles. The van der Waals surface area contributed by atoms with Crippen molar-refractivity contribution in [1.82, 2.24) is 5.32 Å². The molecule has 186 valence electrons. The first kappa shape index (κ1) is 25.9. The lowest BCUT2D eigenvalue weighted by Gasteiger charge is -2.26. The Labute approximate surface area is 206 Å². The zero-order valence-electron chi connectivity index (χ0n) is 20.3. The maximum Gasteiger partial charge on any atom is 0.264 e. The van der Waals surface area contributed by atoms with Crippen LogP contribution in [0.2, 0.25) is 0 Å². The Morgan fingerprint density at radius 1 is 0.886 bits per heavy atom. The van der Waals surface area contributed by atoms with Gasteiger partial charge in [0.15, 0.2) is 11.5 Å². The second-order valence-electron chi connectivity index (χ2n) is 7.62. The number of ether oxygens (including phenoxy) is 3. The fraction of sp³-hybridized carbons (Fsp3) is 0.269. The number of nitrogens with zero attached hydrogens (tertiary/aromatic N) is 1. The van der Waals surface area contributed by atoms with Gasteiger partial charge in [0.1, 0.15) is 6.54 Å². The lowest BCUT2D eigenvalue weighted by molar-refractivity contribution is -0.119. The minimum absolute atomic E-state index is 0.114. The van der Waals surface area contributed by atoms with E-state index in [0.717, 1.165) is 9.87 Å². The van der Waals surface area contributed by atoms with E-state index in [1.165, 1.54) is 33.5 Å². The van der Waals surface area contributed by atoms with Crippen LogP contribution in [0.1, 0.15) is 18.1 Å². The van der Waals surface area contributed by atoms with E-state index in [1.54, 1.807) is 42.5 Å². The van der Waals surface area contributed by atoms with Gasteiger partial charge in [0.2, 0.25) is 11.7 Å². The van der Waals surface area contributed by atoms with Crippen LogP contribution in [0.15, 0.2) is 71.6 Å². The lowest BCUT2D eigenvalue weighted by atomic mass is 10.1. The second-order valence-corrected chi connectivity index (χ2v) is 9.48. The third-order valence-electron chi connectivity index (χ3n) is 5.47. The number of hydrogen-bond acceptors (Lipinski definition) is 6. The molecule has 3 rings (SSSR count). The molecule has 0 unspecified atom stereocenters. The molecule has 8 nitrogen and oxygen atoms in total. The fourth-order valence-electron chi connectivity index (χ4n) is 3.70. The van der Waals surface area contributed by atoms with Crippen LogP contribution < -0.4 is 23.8 Å². The SMILES string of the molecule is CCc1ccccc1N(CC(=O)NCc1cc(OC)c(OC)c(OC)c1)S(=O)(=O)c1ccccc1. The molecule has 0 saturated heterocycles. The van der Waals surface area contributed by atoms with Crippen LogP contribution in [0.25, 0.3) is 0 Å². The van der Waals surface area contributed by atoms with Crippen molar-refractivity contribution in [3.05, 3.63) is 77.9 Å². The Morgan fingerprint density at radius 2 is 1.49 bits per heavy atom. The maximum absolute atomic E-state index is 13.5. The first-order chi connectivity index (χ1) is 16.8. The van der Waals surface area contributed by atoms with Crippen LogP contribution in [0.5, 0.6) is 17.2 Å². The maximum atomic E-state index is 13.5. The van der Waals surface area contributed by atoms with Gasteiger partial charge in [-0.3, -0.25) is 9.10 Å². The number of carbonyl (C=O) groups excluding carboxylic acids is 1. The summed E-state index contributed by atoms with van der Waals surface area (Å²) in [4.78, 5) is 13.1. The monoisotopic (exact) mass is 498 g/mol. The molecule has 3 aromatic rings. The topological polar surface area (TPSA) is 94.2 Å². The van der Waals surface area contributed by atoms with Crippen LogP contribution in [0.3, 0.4) is 0 Å². The third kappa shape index (κ3) is 5.86. The van der Waals surface area contributed by atoms with Crippen molar-refractivity contribution in [2.24, 2.45) is 0 Å². The minimum atomic E-state index is -3.98. The number of rotatable bonds is 11. The average molecular weight is 499 g/mol. The van der Waals surface area contributed by atoms with Gasteiger partial charge in [-0.25, -0.2) is 8.42 Å². The molecule has 0 aliphatic carbocycles. The van der Waals surface area contributed by atoms with Gasteiger partial charge in [-0.15, -0.1) is 0 Å². The number of methoxy groups -OCH3 is 3. The molecule has 0 spiro atoms. The molecule has 1 N–H and O–H groups in total. The first-order valence-corrected chi connectivity index (χ1v) is 12.5. The largest absolute Gasteiger partial charge is 0.493 e. The highest BCUT2D eigenvalue weighted by Crippen LogP contribution is 2.38. The normalized spacial score (nSPS) is 11.0. The molecule has 0 aliphatic heterocycles. The number of nitrogens with one attached hydrogen (secondary N) is 1. The van der Waals surface area contributed by atoms with Crippen molar-refractivity contribution in [3.8, 4) is 17.2 Å². The lowest BCUT2D eigenvalue weighted by Crippen LogP contribution is -2.41. The van der Waals surface area contributed by atoms with Crippen molar-refractivity contribution in [2.75, 3.05) is 32.2 Å². The van der Waals surface area contributed by atoms with Gasteiger partial charge >= 0.3 is 0 Å². The van der Waals surface area contributed by atoms with Gasteiger partial charge in [-0.2, -0.15) is 0 Å². The Bertz CT molecular complexity index is 1240. The number of aryl methyl sites for hydroxylation is 1. The molecular weight excluding hydrogens is 468 g/mol. The molecule has 1 amide bonds. The van der Waals surface area contributed by atoms with E-state index < -0.39 is 15.9 Å². The van der Waals surface area contributed by atoms with E-state index in [4.69, 9.17) is 14.2 Å². The molecule has 0 aliphatic rings. The first-order valence-electron chi connectivity index (χ1n) is 11.1. The summed E-state index contributed by atoms with van der Waals surface area (Å²) < 4.78 is 44.3. The number of hydrogen-bond donors (Lipinski definition) is 1. The highest BCUT2D eigenvalue weighted by molar-refractivity contribution is 7.92. The van der Waals surface area contributed by atoms with Crippen LogP contribution >= 0.6 is 0 Å². The Hall–Kier alpha value is -3.72. The zero-order valence-corrected chi connectivity index (χ0v) is 21.1. The average Bonchev–Trinajstić information content (AvgIpc) is 2.90. The van der Waals surface area contributed by atoms with Crippen LogP contribution in [0.4, 0.5) is 5.69 Å². The van der Waals surface area contributed by atoms with Gasteiger partial charge in [-0.1, -0.05) is 43.3 Å². The van der Waals surface area contributed by atoms with Gasteiger partial charge in [0.05, 0.1) is 31.9 Å². The number of carbonyl (C=O) groups is 1. The zero-order chi connectivity index (χ0) is 25.4. The predicted molar refractivity (Wildman–Crippen MR) is 135 cm³/mol. The van der Waals surface area contributed by atoms with Crippen molar-refractivity contribution >= 4 is 21.6 Å². The highest BCUT2D eigenvalue weighted by Gasteiger charge is 2.28. The van der Waals surface area contributed by atoms with Crippen LogP contribution in [-0.2, 0) is 27.8 Å². The summed E-state index contributed by atoms with van der Waals surface area (Å²) in [6, 6.07) is 18.7. The third-order valence-corrected chi connectivity index (χ3v) is 7.25. The number of sulfonamides is 1. The second kappa shape index (κ2) is 11.6. The quantitative estimate of drug-likeness (QED) is 0.432. The molecule has 9 heteroatoms. The molecule has 0 bridgehead atoms. The van der Waals surface area contributed by atoms with Gasteiger partial charge in [-0.05, 0) is 47.9 Å². The Kier molecular flexibility index (Phi) is 8.59. The number of para-hydroxylation sites is 1. The molecule has 0 fully saturated rings. The van der Waals surface area contributed by atoms with Gasteiger partial charge in [0, 0.05) is 6.54 Å². The minimum Gasteiger partial charge on any atom is -0.493 e. The van der Waals surface area contributed by atoms with E-state index in [0.29, 0.717) is 34.9 Å². The molecule has 0 radical (unpaired) electrons. The molecule has 0 saturated carbocycles. The van der Waals surface area contributed by atoms with Crippen LogP contribution in [-0.4, -0.2) is 42.2 Å². The number of benzene rings is 3. The van der Waals surface area contributed by atoms with Gasteiger partial charge in [0.25, 0.3) is 10.0 Å². The summed E-state index contributed by atoms with van der Waals surface area (Å²) in [6.07, 6.45) is 0.615. The summed E-state index contributed by atoms with van der Waals surface area (Å²) in [7, 11) is 0.555. The Morgan fingerprint density at radius 3 is 2.06 bits per heavy atom. The molecule has 0 heterocycles. The standard InChI is InChI=1S/C26H30N2O6S/c1-5-20-11-9-10-14-22(20)28(35(30,31)21-12-7-6-8-13-21)18-25(29)27-17-19-15-23(32-2)26(34-4)24(16-19)33-3/h6-16H,5,17-18H2,1-4H3,(H,27,29). The van der Waals surface area contributed by atoms with E-state index >= 15 is 0 Å². The van der Waals surface area contributed by atoms with Crippen molar-refractivity contribution in [1.29, 1.82) is 0 Å². The smallest absolute Gasteiger partial charge is 0.264 e. The van der Waals surface area contributed by atoms with Crippen molar-refractivity contribution < 1.29 is 27.4 Å². The predicted octanol–water partition coefficient (Wildman–Crippen LogP) is 3.79. The summed E-state index contributed by atoms with van der Waals surface area (Å²) in [5.74, 6) is 0.910. The van der Waals surface area contributed by atoms with Crippen molar-refractivity contribution in [3.63, 3.8) is 0 Å². The number of amides is 1. The van der Waals surface area contributed by atoms with Crippen LogP contribution in [0, 0.1) is 0 Å². The summed E-state index contributed by atoms with van der Waals surface area (Å²) in [5, 5.41) is 2.80. The van der Waals surface area contributed by atoms with Gasteiger partial charge < -0.3 is 19.5 Å². The fourth-order valence-corrected chi connectivity index (χ4v) is 5.18. The van der Waals surface area contributed by atoms with Crippen molar-refractivity contribution in [2.45, 2.75) is 24.8 Å². The van der Waals surface area contributed by atoms with E-state index in [2.05, 4.69) is 5.32 Å². The summed E-state index contributed by atoms with van der Waals surface area (Å²) >= 11 is 0. The Balaban J connectivity index is 1.88.